The van der Waals surface area contributed by atoms with Crippen molar-refractivity contribution in [2.75, 3.05) is 13.2 Å². The molecule has 2 aromatic rings. The summed E-state index contributed by atoms with van der Waals surface area (Å²) in [4.78, 5) is 35.0. The van der Waals surface area contributed by atoms with Gasteiger partial charge >= 0.3 is 5.97 Å². The SMILES string of the molecule is CC1(C)CC2CC(C)(CN2S(=O)(=O)c2cccc(C(=O)OCC(=O)c3ccc([N+](=O)[O-])cc3)c2)C1. The lowest BCUT2D eigenvalue weighted by molar-refractivity contribution is -0.384. The predicted molar refractivity (Wildman–Crippen MR) is 128 cm³/mol. The van der Waals surface area contributed by atoms with Crippen LogP contribution in [0.1, 0.15) is 60.7 Å². The first-order chi connectivity index (χ1) is 16.3. The maximum atomic E-state index is 13.5. The van der Waals surface area contributed by atoms with Gasteiger partial charge in [-0.2, -0.15) is 4.31 Å². The Balaban J connectivity index is 1.46. The van der Waals surface area contributed by atoms with Crippen molar-refractivity contribution in [3.05, 3.63) is 69.8 Å². The molecule has 2 atom stereocenters. The normalized spacial score (nSPS) is 23.6. The van der Waals surface area contributed by atoms with Gasteiger partial charge in [-0.05, 0) is 60.4 Å². The van der Waals surface area contributed by atoms with Gasteiger partial charge in [-0.1, -0.05) is 26.8 Å². The average molecular weight is 501 g/mol. The third kappa shape index (κ3) is 5.13. The lowest BCUT2D eigenvalue weighted by Crippen LogP contribution is -2.37. The van der Waals surface area contributed by atoms with Gasteiger partial charge in [0.1, 0.15) is 0 Å². The molecule has 0 amide bonds. The highest BCUT2D eigenvalue weighted by atomic mass is 32.2. The van der Waals surface area contributed by atoms with Crippen LogP contribution >= 0.6 is 0 Å². The summed E-state index contributed by atoms with van der Waals surface area (Å²) in [5, 5.41) is 10.7. The van der Waals surface area contributed by atoms with E-state index in [1.807, 2.05) is 0 Å². The number of benzene rings is 2. The quantitative estimate of drug-likeness (QED) is 0.241. The van der Waals surface area contributed by atoms with Crippen LogP contribution in [0.25, 0.3) is 0 Å². The molecule has 2 unspecified atom stereocenters. The number of hydrogen-bond acceptors (Lipinski definition) is 7. The number of esters is 1. The molecule has 2 fully saturated rings. The van der Waals surface area contributed by atoms with Crippen molar-refractivity contribution in [3.8, 4) is 0 Å². The Hall–Kier alpha value is -3.11. The summed E-state index contributed by atoms with van der Waals surface area (Å²) in [7, 11) is -3.82. The number of Topliss-reactive ketones (excluding diaryl/α,β-unsaturated/α-hetero) is 1. The molecular formula is C25H28N2O7S. The Morgan fingerprint density at radius 1 is 1.09 bits per heavy atom. The number of carbonyl (C=O) groups is 2. The standard InChI is InChI=1S/C25H28N2O7S/c1-24(2)12-20-13-25(3,15-24)16-26(20)35(32,33)21-6-4-5-18(11-21)23(29)34-14-22(28)17-7-9-19(10-8-17)27(30)31/h4-11,20H,12-16H2,1-3H3. The molecule has 2 aromatic carbocycles. The molecule has 1 aliphatic carbocycles. The number of fused-ring (bicyclic) bond motifs is 2. The number of ether oxygens (including phenoxy) is 1. The fraction of sp³-hybridized carbons (Fsp3) is 0.440. The molecule has 2 bridgehead atoms. The second-order valence-corrected chi connectivity index (χ2v) is 12.5. The lowest BCUT2D eigenvalue weighted by Gasteiger charge is -2.39. The van der Waals surface area contributed by atoms with Gasteiger partial charge in [0.05, 0.1) is 15.4 Å². The third-order valence-electron chi connectivity index (χ3n) is 6.78. The molecule has 0 aromatic heterocycles. The van der Waals surface area contributed by atoms with Crippen LogP contribution in [-0.2, 0) is 14.8 Å². The molecule has 9 nitrogen and oxygen atoms in total. The minimum atomic E-state index is -3.82. The summed E-state index contributed by atoms with van der Waals surface area (Å²) in [6.07, 6.45) is 2.56. The summed E-state index contributed by atoms with van der Waals surface area (Å²) in [5.74, 6) is -1.36. The molecule has 0 N–H and O–H groups in total. The molecular weight excluding hydrogens is 472 g/mol. The highest BCUT2D eigenvalue weighted by Crippen LogP contribution is 2.53. The van der Waals surface area contributed by atoms with Crippen molar-refractivity contribution in [1.82, 2.24) is 4.31 Å². The fourth-order valence-electron chi connectivity index (χ4n) is 5.67. The highest BCUT2D eigenvalue weighted by molar-refractivity contribution is 7.89. The molecule has 0 radical (unpaired) electrons. The van der Waals surface area contributed by atoms with Gasteiger partial charge in [0.2, 0.25) is 10.0 Å². The number of non-ortho nitro benzene ring substituents is 1. The van der Waals surface area contributed by atoms with E-state index in [-0.39, 0.29) is 38.6 Å². The zero-order valence-electron chi connectivity index (χ0n) is 19.9. The maximum Gasteiger partial charge on any atom is 0.338 e. The fourth-order valence-corrected chi connectivity index (χ4v) is 7.50. The van der Waals surface area contributed by atoms with Crippen LogP contribution in [0.5, 0.6) is 0 Å². The monoisotopic (exact) mass is 500 g/mol. The number of sulfonamides is 1. The Kier molecular flexibility index (Phi) is 6.31. The molecule has 10 heteroatoms. The zero-order chi connectivity index (χ0) is 25.6. The number of hydrogen-bond donors (Lipinski definition) is 0. The molecule has 1 aliphatic heterocycles. The molecule has 0 spiro atoms. The molecule has 2 aliphatic rings. The van der Waals surface area contributed by atoms with Gasteiger partial charge < -0.3 is 4.74 Å². The molecule has 35 heavy (non-hydrogen) atoms. The van der Waals surface area contributed by atoms with E-state index in [9.17, 15) is 28.1 Å². The number of nitro groups is 1. The Morgan fingerprint density at radius 2 is 1.77 bits per heavy atom. The maximum absolute atomic E-state index is 13.5. The number of carbonyl (C=O) groups excluding carboxylic acids is 2. The van der Waals surface area contributed by atoms with E-state index in [1.165, 1.54) is 48.5 Å². The first kappa shape index (κ1) is 25.0. The van der Waals surface area contributed by atoms with Gasteiger partial charge in [-0.25, -0.2) is 13.2 Å². The van der Waals surface area contributed by atoms with Crippen LogP contribution in [0.2, 0.25) is 0 Å². The van der Waals surface area contributed by atoms with Gasteiger partial charge in [0.15, 0.2) is 12.4 Å². The van der Waals surface area contributed by atoms with E-state index in [0.717, 1.165) is 19.3 Å². The van der Waals surface area contributed by atoms with Crippen LogP contribution in [0.3, 0.4) is 0 Å². The summed E-state index contributed by atoms with van der Waals surface area (Å²) in [5.41, 5.74) is 0.0153. The van der Waals surface area contributed by atoms with Crippen molar-refractivity contribution in [3.63, 3.8) is 0 Å². The zero-order valence-corrected chi connectivity index (χ0v) is 20.7. The molecule has 4 rings (SSSR count). The number of nitrogens with zero attached hydrogens (tertiary/aromatic N) is 2. The third-order valence-corrected chi connectivity index (χ3v) is 8.67. The van der Waals surface area contributed by atoms with Crippen LogP contribution < -0.4 is 0 Å². The molecule has 186 valence electrons. The second-order valence-electron chi connectivity index (χ2n) is 10.6. The summed E-state index contributed by atoms with van der Waals surface area (Å²) >= 11 is 0. The minimum Gasteiger partial charge on any atom is -0.454 e. The Morgan fingerprint density at radius 3 is 2.43 bits per heavy atom. The van der Waals surface area contributed by atoms with Crippen molar-refractivity contribution in [1.29, 1.82) is 0 Å². The van der Waals surface area contributed by atoms with Gasteiger partial charge in [-0.3, -0.25) is 14.9 Å². The molecule has 1 saturated heterocycles. The van der Waals surface area contributed by atoms with Crippen molar-refractivity contribution >= 4 is 27.5 Å². The second kappa shape index (κ2) is 8.83. The largest absolute Gasteiger partial charge is 0.454 e. The van der Waals surface area contributed by atoms with E-state index in [2.05, 4.69) is 20.8 Å². The van der Waals surface area contributed by atoms with E-state index in [1.54, 1.807) is 4.31 Å². The van der Waals surface area contributed by atoms with Crippen LogP contribution in [0.15, 0.2) is 53.4 Å². The number of nitro benzene ring substituents is 1. The van der Waals surface area contributed by atoms with E-state index in [0.29, 0.717) is 6.54 Å². The highest BCUT2D eigenvalue weighted by Gasteiger charge is 2.53. The van der Waals surface area contributed by atoms with Crippen molar-refractivity contribution < 1.29 is 27.7 Å². The molecule has 1 heterocycles. The molecule has 1 saturated carbocycles. The summed E-state index contributed by atoms with van der Waals surface area (Å²) in [6, 6.07) is 10.5. The van der Waals surface area contributed by atoms with Gasteiger partial charge in [0, 0.05) is 30.3 Å². The first-order valence-corrected chi connectivity index (χ1v) is 12.8. The predicted octanol–water partition coefficient (Wildman–Crippen LogP) is 4.22. The topological polar surface area (TPSA) is 124 Å². The Labute approximate surface area is 204 Å². The number of rotatable bonds is 7. The van der Waals surface area contributed by atoms with Crippen LogP contribution in [0, 0.1) is 20.9 Å². The average Bonchev–Trinajstić information content (AvgIpc) is 3.06. The Bertz CT molecular complexity index is 1290. The summed E-state index contributed by atoms with van der Waals surface area (Å²) in [6.45, 7) is 6.34. The smallest absolute Gasteiger partial charge is 0.338 e. The van der Waals surface area contributed by atoms with E-state index >= 15 is 0 Å². The van der Waals surface area contributed by atoms with Crippen LogP contribution in [0.4, 0.5) is 5.69 Å². The van der Waals surface area contributed by atoms with Gasteiger partial charge in [0.25, 0.3) is 5.69 Å². The lowest BCUT2D eigenvalue weighted by atomic mass is 9.65. The number of ketones is 1. The van der Waals surface area contributed by atoms with Gasteiger partial charge in [-0.15, -0.1) is 0 Å². The van der Waals surface area contributed by atoms with Crippen LogP contribution in [-0.4, -0.2) is 48.6 Å². The van der Waals surface area contributed by atoms with E-state index < -0.39 is 33.3 Å². The summed E-state index contributed by atoms with van der Waals surface area (Å²) < 4.78 is 33.7. The van der Waals surface area contributed by atoms with E-state index in [4.69, 9.17) is 4.74 Å². The first-order valence-electron chi connectivity index (χ1n) is 11.4. The van der Waals surface area contributed by atoms with Crippen molar-refractivity contribution in [2.45, 2.75) is 51.0 Å². The van der Waals surface area contributed by atoms with Crippen molar-refractivity contribution in [2.24, 2.45) is 10.8 Å². The minimum absolute atomic E-state index is 0.0163.